The van der Waals surface area contributed by atoms with Crippen LogP contribution in [0.2, 0.25) is 0 Å². The summed E-state index contributed by atoms with van der Waals surface area (Å²) in [6.07, 6.45) is 1.29. The lowest BCUT2D eigenvalue weighted by Crippen LogP contribution is -2.50. The molecule has 1 heterocycles. The lowest BCUT2D eigenvalue weighted by Gasteiger charge is -2.40. The molecule has 72 valence electrons. The Balaban J connectivity index is 2.27. The molecule has 1 aliphatic rings. The van der Waals surface area contributed by atoms with E-state index in [2.05, 4.69) is 13.8 Å². The summed E-state index contributed by atoms with van der Waals surface area (Å²) in [7, 11) is -2.81. The van der Waals surface area contributed by atoms with Gasteiger partial charge in [-0.1, -0.05) is 13.8 Å². The number of likely N-dealkylation sites (tertiary alicyclic amines) is 1. The van der Waals surface area contributed by atoms with Crippen LogP contribution in [0, 0.1) is 11.8 Å². The molecule has 4 heteroatoms. The summed E-state index contributed by atoms with van der Waals surface area (Å²) in [6.45, 7) is 6.26. The van der Waals surface area contributed by atoms with Gasteiger partial charge in [0.25, 0.3) is 0 Å². The van der Waals surface area contributed by atoms with E-state index in [-0.39, 0.29) is 5.88 Å². The molecule has 0 spiro atoms. The quantitative estimate of drug-likeness (QED) is 0.654. The zero-order valence-electron chi connectivity index (χ0n) is 7.95. The molecule has 1 saturated heterocycles. The molecule has 0 unspecified atom stereocenters. The van der Waals surface area contributed by atoms with Crippen LogP contribution < -0.4 is 0 Å². The largest absolute Gasteiger partial charge is 0.289 e. The fourth-order valence-corrected chi connectivity index (χ4v) is 2.34. The number of hydrogen-bond acceptors (Lipinski definition) is 3. The molecular weight excluding hydrogens is 174 g/mol. The smallest absolute Gasteiger partial charge is 0.160 e. The van der Waals surface area contributed by atoms with Crippen LogP contribution in [0.5, 0.6) is 0 Å². The Morgan fingerprint density at radius 2 is 1.92 bits per heavy atom. The predicted octanol–water partition coefficient (Wildman–Crippen LogP) is 0.576. The van der Waals surface area contributed by atoms with E-state index < -0.39 is 9.84 Å². The van der Waals surface area contributed by atoms with Crippen molar-refractivity contribution in [3.05, 3.63) is 0 Å². The van der Waals surface area contributed by atoms with Crippen molar-refractivity contribution in [2.24, 2.45) is 11.8 Å². The van der Waals surface area contributed by atoms with E-state index in [9.17, 15) is 8.42 Å². The van der Waals surface area contributed by atoms with Crippen molar-refractivity contribution in [1.82, 2.24) is 4.90 Å². The summed E-state index contributed by atoms with van der Waals surface area (Å²) in [4.78, 5) is 1.99. The Morgan fingerprint density at radius 1 is 1.42 bits per heavy atom. The first-order valence-electron chi connectivity index (χ1n) is 4.28. The number of nitrogens with zero attached hydrogens (tertiary/aromatic N) is 1. The van der Waals surface area contributed by atoms with Crippen molar-refractivity contribution >= 4 is 9.84 Å². The second-order valence-electron chi connectivity index (χ2n) is 4.09. The standard InChI is InChI=1S/C8H17NO2S/c1-7(2)8-4-9(5-8)6-12(3,10)11/h7-8H,4-6H2,1-3H3. The highest BCUT2D eigenvalue weighted by atomic mass is 32.2. The van der Waals surface area contributed by atoms with Gasteiger partial charge in [-0.2, -0.15) is 0 Å². The van der Waals surface area contributed by atoms with Crippen LogP contribution in [-0.4, -0.2) is 38.5 Å². The molecule has 3 nitrogen and oxygen atoms in total. The lowest BCUT2D eigenvalue weighted by atomic mass is 9.89. The molecule has 12 heavy (non-hydrogen) atoms. The minimum atomic E-state index is -2.81. The van der Waals surface area contributed by atoms with Crippen LogP contribution in [0.3, 0.4) is 0 Å². The Morgan fingerprint density at radius 3 is 2.25 bits per heavy atom. The second kappa shape index (κ2) is 3.34. The Labute approximate surface area is 74.7 Å². The van der Waals surface area contributed by atoms with E-state index in [0.29, 0.717) is 11.8 Å². The van der Waals surface area contributed by atoms with Gasteiger partial charge in [0, 0.05) is 19.3 Å². The first kappa shape index (κ1) is 9.99. The van der Waals surface area contributed by atoms with E-state index in [1.807, 2.05) is 4.90 Å². The van der Waals surface area contributed by atoms with Crippen LogP contribution in [0.4, 0.5) is 0 Å². The Bertz CT molecular complexity index is 240. The summed E-state index contributed by atoms with van der Waals surface area (Å²) in [6, 6.07) is 0. The van der Waals surface area contributed by atoms with Gasteiger partial charge in [0.05, 0.1) is 0 Å². The Hall–Kier alpha value is -0.0900. The highest BCUT2D eigenvalue weighted by molar-refractivity contribution is 7.90. The molecule has 0 atom stereocenters. The van der Waals surface area contributed by atoms with Crippen LogP contribution in [0.1, 0.15) is 13.8 Å². The normalized spacial score (nSPS) is 21.3. The summed E-state index contributed by atoms with van der Waals surface area (Å²) in [5.41, 5.74) is 0. The van der Waals surface area contributed by atoms with Gasteiger partial charge in [-0.25, -0.2) is 8.42 Å². The molecule has 0 aliphatic carbocycles. The van der Waals surface area contributed by atoms with Gasteiger partial charge in [-0.3, -0.25) is 4.90 Å². The van der Waals surface area contributed by atoms with Gasteiger partial charge in [0.1, 0.15) is 5.88 Å². The number of rotatable bonds is 3. The van der Waals surface area contributed by atoms with Crippen LogP contribution in [0.25, 0.3) is 0 Å². The molecule has 1 fully saturated rings. The maximum absolute atomic E-state index is 10.9. The molecule has 0 bridgehead atoms. The van der Waals surface area contributed by atoms with Gasteiger partial charge in [0.15, 0.2) is 9.84 Å². The fourth-order valence-electron chi connectivity index (χ4n) is 1.47. The van der Waals surface area contributed by atoms with E-state index in [0.717, 1.165) is 13.1 Å². The van der Waals surface area contributed by atoms with Crippen molar-refractivity contribution < 1.29 is 8.42 Å². The van der Waals surface area contributed by atoms with E-state index in [4.69, 9.17) is 0 Å². The summed E-state index contributed by atoms with van der Waals surface area (Å²) in [5.74, 6) is 1.61. The SMILES string of the molecule is CC(C)C1CN(CS(C)(=O)=O)C1. The molecule has 0 radical (unpaired) electrons. The monoisotopic (exact) mass is 191 g/mol. The predicted molar refractivity (Wildman–Crippen MR) is 49.6 cm³/mol. The molecule has 0 aromatic carbocycles. The molecular formula is C8H17NO2S. The first-order valence-corrected chi connectivity index (χ1v) is 6.34. The summed E-state index contributed by atoms with van der Waals surface area (Å²) in [5, 5.41) is 0. The molecule has 0 saturated carbocycles. The topological polar surface area (TPSA) is 37.4 Å². The van der Waals surface area contributed by atoms with Gasteiger partial charge >= 0.3 is 0 Å². The highest BCUT2D eigenvalue weighted by Crippen LogP contribution is 2.23. The average Bonchev–Trinajstić information content (AvgIpc) is 1.74. The highest BCUT2D eigenvalue weighted by Gasteiger charge is 2.30. The molecule has 0 amide bonds. The zero-order chi connectivity index (χ0) is 9.35. The minimum Gasteiger partial charge on any atom is -0.289 e. The summed E-state index contributed by atoms with van der Waals surface area (Å²) < 4.78 is 21.7. The third kappa shape index (κ3) is 2.75. The van der Waals surface area contributed by atoms with Crippen molar-refractivity contribution in [1.29, 1.82) is 0 Å². The zero-order valence-corrected chi connectivity index (χ0v) is 8.76. The van der Waals surface area contributed by atoms with Gasteiger partial charge in [-0.15, -0.1) is 0 Å². The van der Waals surface area contributed by atoms with Gasteiger partial charge < -0.3 is 0 Å². The molecule has 1 rings (SSSR count). The van der Waals surface area contributed by atoms with Crippen LogP contribution in [-0.2, 0) is 9.84 Å². The summed E-state index contributed by atoms with van der Waals surface area (Å²) >= 11 is 0. The fraction of sp³-hybridized carbons (Fsp3) is 1.00. The van der Waals surface area contributed by atoms with Crippen molar-refractivity contribution in [3.8, 4) is 0 Å². The second-order valence-corrected chi connectivity index (χ2v) is 6.20. The lowest BCUT2D eigenvalue weighted by molar-refractivity contribution is 0.0878. The molecule has 0 aromatic heterocycles. The van der Waals surface area contributed by atoms with Gasteiger partial charge in [-0.05, 0) is 11.8 Å². The molecule has 1 aliphatic heterocycles. The van der Waals surface area contributed by atoms with Crippen LogP contribution >= 0.6 is 0 Å². The van der Waals surface area contributed by atoms with Gasteiger partial charge in [0.2, 0.25) is 0 Å². The number of hydrogen-bond donors (Lipinski definition) is 0. The first-order chi connectivity index (χ1) is 5.38. The van der Waals surface area contributed by atoms with Crippen molar-refractivity contribution in [3.63, 3.8) is 0 Å². The maximum atomic E-state index is 10.9. The number of sulfone groups is 1. The molecule has 0 N–H and O–H groups in total. The third-order valence-corrected chi connectivity index (χ3v) is 3.18. The average molecular weight is 191 g/mol. The third-order valence-electron chi connectivity index (χ3n) is 2.35. The van der Waals surface area contributed by atoms with Crippen molar-refractivity contribution in [2.45, 2.75) is 13.8 Å². The molecule has 0 aromatic rings. The minimum absolute atomic E-state index is 0.232. The van der Waals surface area contributed by atoms with E-state index in [1.165, 1.54) is 6.26 Å². The van der Waals surface area contributed by atoms with E-state index >= 15 is 0 Å². The maximum Gasteiger partial charge on any atom is 0.160 e. The van der Waals surface area contributed by atoms with Crippen LogP contribution in [0.15, 0.2) is 0 Å². The van der Waals surface area contributed by atoms with Crippen molar-refractivity contribution in [2.75, 3.05) is 25.2 Å². The van der Waals surface area contributed by atoms with E-state index in [1.54, 1.807) is 0 Å². The Kier molecular flexibility index (Phi) is 2.78.